The average Bonchev–Trinajstić information content (AvgIpc) is 3.10. The van der Waals surface area contributed by atoms with Crippen LogP contribution in [-0.4, -0.2) is 74.6 Å². The van der Waals surface area contributed by atoms with Gasteiger partial charge < -0.3 is 19.3 Å². The highest BCUT2D eigenvalue weighted by Gasteiger charge is 2.39. The SMILES string of the molecule is COCCN1CC(C(=O)N2CCC(C(=O)OC)C2)CC1=O. The molecule has 0 bridgehead atoms. The first-order valence-corrected chi connectivity index (χ1v) is 7.20. The van der Waals surface area contributed by atoms with E-state index in [1.165, 1.54) is 7.11 Å². The Bertz CT molecular complexity index is 426. The molecule has 0 N–H and O–H groups in total. The highest BCUT2D eigenvalue weighted by molar-refractivity contribution is 5.89. The molecule has 2 unspecified atom stereocenters. The van der Waals surface area contributed by atoms with Gasteiger partial charge in [-0.3, -0.25) is 14.4 Å². The molecule has 7 nitrogen and oxygen atoms in total. The second kappa shape index (κ2) is 6.89. The van der Waals surface area contributed by atoms with Gasteiger partial charge in [-0.15, -0.1) is 0 Å². The van der Waals surface area contributed by atoms with E-state index in [1.807, 2.05) is 0 Å². The van der Waals surface area contributed by atoms with Crippen LogP contribution in [-0.2, 0) is 23.9 Å². The van der Waals surface area contributed by atoms with Crippen molar-refractivity contribution in [1.82, 2.24) is 9.80 Å². The molecule has 0 spiro atoms. The van der Waals surface area contributed by atoms with Crippen molar-refractivity contribution in [3.8, 4) is 0 Å². The Labute approximate surface area is 124 Å². The molecule has 2 fully saturated rings. The summed E-state index contributed by atoms with van der Waals surface area (Å²) in [4.78, 5) is 39.1. The number of esters is 1. The number of carbonyl (C=O) groups excluding carboxylic acids is 3. The summed E-state index contributed by atoms with van der Waals surface area (Å²) < 4.78 is 9.67. The summed E-state index contributed by atoms with van der Waals surface area (Å²) in [6.45, 7) is 2.39. The molecule has 2 atom stereocenters. The molecule has 0 radical (unpaired) electrons. The largest absolute Gasteiger partial charge is 0.469 e. The first-order chi connectivity index (χ1) is 10.1. The first kappa shape index (κ1) is 15.8. The van der Waals surface area contributed by atoms with Crippen molar-refractivity contribution >= 4 is 17.8 Å². The van der Waals surface area contributed by atoms with Crippen LogP contribution in [0.5, 0.6) is 0 Å². The van der Waals surface area contributed by atoms with Gasteiger partial charge in [0.1, 0.15) is 0 Å². The van der Waals surface area contributed by atoms with Crippen molar-refractivity contribution in [3.05, 3.63) is 0 Å². The van der Waals surface area contributed by atoms with Gasteiger partial charge in [0, 0.05) is 39.7 Å². The molecule has 2 heterocycles. The lowest BCUT2D eigenvalue weighted by Crippen LogP contribution is -2.37. The maximum Gasteiger partial charge on any atom is 0.310 e. The Morgan fingerprint density at radius 3 is 2.67 bits per heavy atom. The van der Waals surface area contributed by atoms with Crippen molar-refractivity contribution < 1.29 is 23.9 Å². The highest BCUT2D eigenvalue weighted by atomic mass is 16.5. The van der Waals surface area contributed by atoms with Crippen LogP contribution in [0.15, 0.2) is 0 Å². The molecule has 21 heavy (non-hydrogen) atoms. The third-order valence-corrected chi connectivity index (χ3v) is 4.16. The van der Waals surface area contributed by atoms with E-state index in [4.69, 9.17) is 9.47 Å². The van der Waals surface area contributed by atoms with Gasteiger partial charge in [0.15, 0.2) is 0 Å². The predicted molar refractivity (Wildman–Crippen MR) is 73.3 cm³/mol. The minimum absolute atomic E-state index is 0.00545. The van der Waals surface area contributed by atoms with E-state index in [1.54, 1.807) is 16.9 Å². The van der Waals surface area contributed by atoms with Crippen LogP contribution in [0.1, 0.15) is 12.8 Å². The molecule has 0 aromatic heterocycles. The molecule has 118 valence electrons. The molecule has 0 saturated carbocycles. The fourth-order valence-electron chi connectivity index (χ4n) is 2.93. The number of rotatable bonds is 5. The van der Waals surface area contributed by atoms with E-state index in [9.17, 15) is 14.4 Å². The quantitative estimate of drug-likeness (QED) is 0.640. The van der Waals surface area contributed by atoms with E-state index in [0.29, 0.717) is 39.2 Å². The summed E-state index contributed by atoms with van der Waals surface area (Å²) in [6, 6.07) is 0. The zero-order valence-corrected chi connectivity index (χ0v) is 12.5. The van der Waals surface area contributed by atoms with Crippen molar-refractivity contribution in [3.63, 3.8) is 0 Å². The van der Waals surface area contributed by atoms with Crippen LogP contribution in [0.25, 0.3) is 0 Å². The summed E-state index contributed by atoms with van der Waals surface area (Å²) >= 11 is 0. The number of ether oxygens (including phenoxy) is 2. The summed E-state index contributed by atoms with van der Waals surface area (Å²) in [7, 11) is 2.94. The van der Waals surface area contributed by atoms with Crippen molar-refractivity contribution in [2.75, 3.05) is 47.0 Å². The number of hydrogen-bond donors (Lipinski definition) is 0. The molecule has 2 saturated heterocycles. The molecule has 2 aliphatic rings. The van der Waals surface area contributed by atoms with E-state index in [2.05, 4.69) is 0 Å². The van der Waals surface area contributed by atoms with E-state index < -0.39 is 0 Å². The summed E-state index contributed by atoms with van der Waals surface area (Å²) in [6.07, 6.45) is 0.883. The zero-order chi connectivity index (χ0) is 15.4. The Morgan fingerprint density at radius 1 is 1.24 bits per heavy atom. The molecule has 0 aromatic carbocycles. The lowest BCUT2D eigenvalue weighted by atomic mass is 10.1. The lowest BCUT2D eigenvalue weighted by Gasteiger charge is -2.20. The van der Waals surface area contributed by atoms with Gasteiger partial charge >= 0.3 is 5.97 Å². The minimum atomic E-state index is -0.300. The lowest BCUT2D eigenvalue weighted by molar-refractivity contribution is -0.145. The van der Waals surface area contributed by atoms with Gasteiger partial charge in [0.05, 0.1) is 25.6 Å². The molecule has 7 heteroatoms. The van der Waals surface area contributed by atoms with Gasteiger partial charge in [0.25, 0.3) is 0 Å². The van der Waals surface area contributed by atoms with Crippen LogP contribution in [0.3, 0.4) is 0 Å². The molecule has 2 rings (SSSR count). The second-order valence-electron chi connectivity index (χ2n) is 5.53. The number of likely N-dealkylation sites (tertiary alicyclic amines) is 2. The van der Waals surface area contributed by atoms with Gasteiger partial charge in [-0.1, -0.05) is 0 Å². The standard InChI is InChI=1S/C14H22N2O5/c1-20-6-5-15-9-11(7-12(15)17)13(18)16-4-3-10(8-16)14(19)21-2/h10-11H,3-9H2,1-2H3. The second-order valence-corrected chi connectivity index (χ2v) is 5.53. The first-order valence-electron chi connectivity index (χ1n) is 7.20. The monoisotopic (exact) mass is 298 g/mol. The normalized spacial score (nSPS) is 25.5. The Hall–Kier alpha value is -1.63. The maximum atomic E-state index is 12.4. The Balaban J connectivity index is 1.87. The maximum absolute atomic E-state index is 12.4. The van der Waals surface area contributed by atoms with Crippen LogP contribution >= 0.6 is 0 Å². The molecular weight excluding hydrogens is 276 g/mol. The number of hydrogen-bond acceptors (Lipinski definition) is 5. The third kappa shape index (κ3) is 3.53. The van der Waals surface area contributed by atoms with Crippen LogP contribution < -0.4 is 0 Å². The molecule has 0 aliphatic carbocycles. The Kier molecular flexibility index (Phi) is 5.17. The van der Waals surface area contributed by atoms with E-state index in [-0.39, 0.29) is 36.0 Å². The Morgan fingerprint density at radius 2 is 2.00 bits per heavy atom. The molecular formula is C14H22N2O5. The molecule has 2 aliphatic heterocycles. The molecule has 2 amide bonds. The summed E-state index contributed by atoms with van der Waals surface area (Å²) in [5.74, 6) is -0.843. The third-order valence-electron chi connectivity index (χ3n) is 4.16. The van der Waals surface area contributed by atoms with Crippen molar-refractivity contribution in [1.29, 1.82) is 0 Å². The number of carbonyl (C=O) groups is 3. The fourth-order valence-corrected chi connectivity index (χ4v) is 2.93. The summed E-state index contributed by atoms with van der Waals surface area (Å²) in [5.41, 5.74) is 0. The van der Waals surface area contributed by atoms with E-state index in [0.717, 1.165) is 0 Å². The van der Waals surface area contributed by atoms with Gasteiger partial charge in [0.2, 0.25) is 11.8 Å². The fraction of sp³-hybridized carbons (Fsp3) is 0.786. The topological polar surface area (TPSA) is 76.2 Å². The van der Waals surface area contributed by atoms with E-state index >= 15 is 0 Å². The highest BCUT2D eigenvalue weighted by Crippen LogP contribution is 2.24. The predicted octanol–water partition coefficient (Wildman–Crippen LogP) is -0.497. The number of amides is 2. The van der Waals surface area contributed by atoms with Gasteiger partial charge in [-0.25, -0.2) is 0 Å². The van der Waals surface area contributed by atoms with Gasteiger partial charge in [-0.2, -0.15) is 0 Å². The van der Waals surface area contributed by atoms with Gasteiger partial charge in [-0.05, 0) is 6.42 Å². The zero-order valence-electron chi connectivity index (χ0n) is 12.5. The minimum Gasteiger partial charge on any atom is -0.469 e. The average molecular weight is 298 g/mol. The number of methoxy groups -OCH3 is 2. The van der Waals surface area contributed by atoms with Crippen LogP contribution in [0.4, 0.5) is 0 Å². The smallest absolute Gasteiger partial charge is 0.310 e. The van der Waals surface area contributed by atoms with Crippen LogP contribution in [0.2, 0.25) is 0 Å². The summed E-state index contributed by atoms with van der Waals surface area (Å²) in [5, 5.41) is 0. The molecule has 0 aromatic rings. The van der Waals surface area contributed by atoms with Crippen molar-refractivity contribution in [2.24, 2.45) is 11.8 Å². The van der Waals surface area contributed by atoms with Crippen LogP contribution in [0, 0.1) is 11.8 Å². The van der Waals surface area contributed by atoms with Crippen molar-refractivity contribution in [2.45, 2.75) is 12.8 Å². The number of nitrogens with zero attached hydrogens (tertiary/aromatic N) is 2.